The van der Waals surface area contributed by atoms with E-state index in [1.165, 1.54) is 0 Å². The number of hydrogen-bond donors (Lipinski definition) is 1. The summed E-state index contributed by atoms with van der Waals surface area (Å²) in [5.74, 6) is -0.106. The van der Waals surface area contributed by atoms with Crippen LogP contribution >= 0.6 is 0 Å². The quantitative estimate of drug-likeness (QED) is 0.882. The zero-order chi connectivity index (χ0) is 15.4. The number of hydrogen-bond acceptors (Lipinski definition) is 2. The summed E-state index contributed by atoms with van der Waals surface area (Å²) in [5.41, 5.74) is 3.53. The van der Waals surface area contributed by atoms with Crippen molar-refractivity contribution in [1.29, 1.82) is 0 Å². The topological polar surface area (TPSA) is 29.9 Å². The molecular formula is C17H24FN3. The molecule has 0 aliphatic rings. The normalized spacial score (nSPS) is 12.6. The molecule has 1 aromatic carbocycles. The Labute approximate surface area is 126 Å². The van der Waals surface area contributed by atoms with Gasteiger partial charge in [-0.05, 0) is 38.4 Å². The highest BCUT2D eigenvalue weighted by molar-refractivity contribution is 5.29. The number of nitrogens with zero attached hydrogens (tertiary/aromatic N) is 2. The first kappa shape index (κ1) is 15.7. The lowest BCUT2D eigenvalue weighted by atomic mass is 9.99. The molecule has 3 nitrogen and oxygen atoms in total. The van der Waals surface area contributed by atoms with Crippen molar-refractivity contribution < 1.29 is 4.39 Å². The molecule has 21 heavy (non-hydrogen) atoms. The van der Waals surface area contributed by atoms with E-state index in [-0.39, 0.29) is 11.9 Å². The highest BCUT2D eigenvalue weighted by Gasteiger charge is 2.18. The van der Waals surface area contributed by atoms with Gasteiger partial charge in [0.05, 0.1) is 5.69 Å². The Morgan fingerprint density at radius 1 is 1.33 bits per heavy atom. The SMILES string of the molecule is CCCNC(Cc1cc(C)nn1C)c1cccc(C)c1F. The predicted octanol–water partition coefficient (Wildman–Crippen LogP) is 3.46. The van der Waals surface area contributed by atoms with Crippen molar-refractivity contribution in [3.8, 4) is 0 Å². The first-order valence-electron chi connectivity index (χ1n) is 7.50. The van der Waals surface area contributed by atoms with Crippen LogP contribution in [-0.4, -0.2) is 16.3 Å². The largest absolute Gasteiger partial charge is 0.310 e. The molecular weight excluding hydrogens is 265 g/mol. The van der Waals surface area contributed by atoms with Crippen LogP contribution < -0.4 is 5.32 Å². The van der Waals surface area contributed by atoms with Crippen molar-refractivity contribution >= 4 is 0 Å². The van der Waals surface area contributed by atoms with Crippen molar-refractivity contribution in [1.82, 2.24) is 15.1 Å². The molecule has 0 amide bonds. The Balaban J connectivity index is 2.29. The van der Waals surface area contributed by atoms with Gasteiger partial charge >= 0.3 is 0 Å². The molecule has 0 fully saturated rings. The minimum absolute atomic E-state index is 0.0281. The van der Waals surface area contributed by atoms with Gasteiger partial charge in [-0.1, -0.05) is 25.1 Å². The number of halogens is 1. The maximum atomic E-state index is 14.4. The van der Waals surface area contributed by atoms with E-state index >= 15 is 0 Å². The molecule has 1 heterocycles. The van der Waals surface area contributed by atoms with E-state index in [0.29, 0.717) is 5.56 Å². The van der Waals surface area contributed by atoms with E-state index in [1.807, 2.05) is 43.8 Å². The summed E-state index contributed by atoms with van der Waals surface area (Å²) in [6.45, 7) is 6.77. The zero-order valence-electron chi connectivity index (χ0n) is 13.3. The molecule has 1 aromatic heterocycles. The Morgan fingerprint density at radius 3 is 2.71 bits per heavy atom. The first-order valence-corrected chi connectivity index (χ1v) is 7.50. The number of aryl methyl sites for hydroxylation is 3. The minimum atomic E-state index is -0.106. The summed E-state index contributed by atoms with van der Waals surface area (Å²) in [7, 11) is 1.94. The summed E-state index contributed by atoms with van der Waals surface area (Å²) in [4.78, 5) is 0. The average Bonchev–Trinajstić information content (AvgIpc) is 2.76. The lowest BCUT2D eigenvalue weighted by Gasteiger charge is -2.20. The van der Waals surface area contributed by atoms with Crippen LogP contribution in [0.5, 0.6) is 0 Å². The van der Waals surface area contributed by atoms with Crippen LogP contribution in [0.2, 0.25) is 0 Å². The molecule has 2 aromatic rings. The maximum Gasteiger partial charge on any atom is 0.130 e. The second-order valence-corrected chi connectivity index (χ2v) is 5.59. The van der Waals surface area contributed by atoms with Crippen molar-refractivity contribution in [2.45, 2.75) is 39.7 Å². The molecule has 0 aliphatic heterocycles. The number of aromatic nitrogens is 2. The fourth-order valence-electron chi connectivity index (χ4n) is 2.61. The standard InChI is InChI=1S/C17H24FN3/c1-5-9-19-16(11-14-10-13(3)20-21(14)4)15-8-6-7-12(2)17(15)18/h6-8,10,16,19H,5,9,11H2,1-4H3. The van der Waals surface area contributed by atoms with E-state index in [2.05, 4.69) is 23.4 Å². The third kappa shape index (κ3) is 3.70. The van der Waals surface area contributed by atoms with Crippen LogP contribution in [0, 0.1) is 19.7 Å². The molecule has 114 valence electrons. The van der Waals surface area contributed by atoms with Gasteiger partial charge in [0.2, 0.25) is 0 Å². The molecule has 2 rings (SSSR count). The van der Waals surface area contributed by atoms with Gasteiger partial charge in [-0.3, -0.25) is 4.68 Å². The first-order chi connectivity index (χ1) is 10.0. The van der Waals surface area contributed by atoms with Gasteiger partial charge in [-0.25, -0.2) is 4.39 Å². The molecule has 1 N–H and O–H groups in total. The Morgan fingerprint density at radius 2 is 2.10 bits per heavy atom. The van der Waals surface area contributed by atoms with Crippen LogP contribution in [0.3, 0.4) is 0 Å². The van der Waals surface area contributed by atoms with E-state index in [4.69, 9.17) is 0 Å². The fraction of sp³-hybridized carbons (Fsp3) is 0.471. The molecule has 1 atom stereocenters. The smallest absolute Gasteiger partial charge is 0.130 e. The number of benzene rings is 1. The number of nitrogens with one attached hydrogen (secondary N) is 1. The minimum Gasteiger partial charge on any atom is -0.310 e. The molecule has 0 saturated heterocycles. The lowest BCUT2D eigenvalue weighted by Crippen LogP contribution is -2.26. The Bertz CT molecular complexity index is 604. The zero-order valence-corrected chi connectivity index (χ0v) is 13.3. The van der Waals surface area contributed by atoms with E-state index in [1.54, 1.807) is 0 Å². The molecule has 0 aliphatic carbocycles. The molecule has 0 bridgehead atoms. The van der Waals surface area contributed by atoms with E-state index in [0.717, 1.165) is 36.3 Å². The molecule has 1 unspecified atom stereocenters. The van der Waals surface area contributed by atoms with Crippen molar-refractivity contribution in [3.63, 3.8) is 0 Å². The fourth-order valence-corrected chi connectivity index (χ4v) is 2.61. The summed E-state index contributed by atoms with van der Waals surface area (Å²) in [6, 6.07) is 7.64. The molecule has 0 saturated carbocycles. The monoisotopic (exact) mass is 289 g/mol. The highest BCUT2D eigenvalue weighted by Crippen LogP contribution is 2.23. The number of rotatable bonds is 6. The van der Waals surface area contributed by atoms with Gasteiger partial charge < -0.3 is 5.32 Å². The summed E-state index contributed by atoms with van der Waals surface area (Å²) in [5, 5.41) is 7.83. The predicted molar refractivity (Wildman–Crippen MR) is 83.8 cm³/mol. The van der Waals surface area contributed by atoms with Crippen molar-refractivity contribution in [3.05, 3.63) is 52.6 Å². The van der Waals surface area contributed by atoms with Crippen LogP contribution in [0.1, 0.15) is 41.9 Å². The van der Waals surface area contributed by atoms with E-state index < -0.39 is 0 Å². The van der Waals surface area contributed by atoms with Gasteiger partial charge in [-0.15, -0.1) is 0 Å². The second kappa shape index (κ2) is 6.85. The molecule has 0 radical (unpaired) electrons. The van der Waals surface area contributed by atoms with Gasteiger partial charge in [0.25, 0.3) is 0 Å². The van der Waals surface area contributed by atoms with Gasteiger partial charge in [0.1, 0.15) is 5.82 Å². The summed E-state index contributed by atoms with van der Waals surface area (Å²) >= 11 is 0. The van der Waals surface area contributed by atoms with Crippen LogP contribution in [0.15, 0.2) is 24.3 Å². The summed E-state index contributed by atoms with van der Waals surface area (Å²) < 4.78 is 16.3. The highest BCUT2D eigenvalue weighted by atomic mass is 19.1. The van der Waals surface area contributed by atoms with Gasteiger partial charge in [-0.2, -0.15) is 5.10 Å². The second-order valence-electron chi connectivity index (χ2n) is 5.59. The third-order valence-electron chi connectivity index (χ3n) is 3.75. The molecule has 4 heteroatoms. The maximum absolute atomic E-state index is 14.4. The van der Waals surface area contributed by atoms with Crippen molar-refractivity contribution in [2.75, 3.05) is 6.54 Å². The third-order valence-corrected chi connectivity index (χ3v) is 3.75. The van der Waals surface area contributed by atoms with Gasteiger partial charge in [0.15, 0.2) is 0 Å². The van der Waals surface area contributed by atoms with E-state index in [9.17, 15) is 4.39 Å². The van der Waals surface area contributed by atoms with Gasteiger partial charge in [0, 0.05) is 30.8 Å². The average molecular weight is 289 g/mol. The lowest BCUT2D eigenvalue weighted by molar-refractivity contribution is 0.483. The molecule has 0 spiro atoms. The van der Waals surface area contributed by atoms with Crippen LogP contribution in [0.25, 0.3) is 0 Å². The Hall–Kier alpha value is -1.68. The van der Waals surface area contributed by atoms with Crippen LogP contribution in [0.4, 0.5) is 4.39 Å². The van der Waals surface area contributed by atoms with Crippen molar-refractivity contribution in [2.24, 2.45) is 7.05 Å². The summed E-state index contributed by atoms with van der Waals surface area (Å²) in [6.07, 6.45) is 1.76. The van der Waals surface area contributed by atoms with Crippen LogP contribution in [-0.2, 0) is 13.5 Å². The Kier molecular flexibility index (Phi) is 5.12.